The number of rotatable bonds is 6. The number of amides is 2. The third-order valence-electron chi connectivity index (χ3n) is 4.10. The summed E-state index contributed by atoms with van der Waals surface area (Å²) >= 11 is 0. The van der Waals surface area contributed by atoms with E-state index in [4.69, 9.17) is 9.47 Å². The van der Waals surface area contributed by atoms with Crippen LogP contribution in [-0.4, -0.2) is 40.9 Å². The first-order valence-electron chi connectivity index (χ1n) is 9.45. The van der Waals surface area contributed by atoms with Crippen LogP contribution in [0.3, 0.4) is 0 Å². The first-order valence-corrected chi connectivity index (χ1v) is 9.45. The van der Waals surface area contributed by atoms with Gasteiger partial charge < -0.3 is 30.3 Å². The lowest BCUT2D eigenvalue weighted by Gasteiger charge is -2.25. The highest BCUT2D eigenvalue weighted by atomic mass is 16.6. The Kier molecular flexibility index (Phi) is 7.47. The van der Waals surface area contributed by atoms with Gasteiger partial charge in [0.2, 0.25) is 5.91 Å². The SMILES string of the molecule is COC(=O)C(NC(=O)C(NC(=O)OC(C)(C)C)c1ccc(O)cc1)c1ccc(O)cc1. The molecule has 31 heavy (non-hydrogen) atoms. The zero-order valence-electron chi connectivity index (χ0n) is 17.7. The molecule has 0 aliphatic rings. The maximum absolute atomic E-state index is 13.1. The van der Waals surface area contributed by atoms with Crippen molar-refractivity contribution in [3.05, 3.63) is 59.7 Å². The van der Waals surface area contributed by atoms with Gasteiger partial charge >= 0.3 is 12.1 Å². The molecule has 2 amide bonds. The first kappa shape index (κ1) is 23.5. The summed E-state index contributed by atoms with van der Waals surface area (Å²) in [5, 5.41) is 24.1. The van der Waals surface area contributed by atoms with E-state index in [1.54, 1.807) is 20.8 Å². The van der Waals surface area contributed by atoms with Gasteiger partial charge in [-0.25, -0.2) is 9.59 Å². The molecule has 0 radical (unpaired) electrons. The molecule has 0 aliphatic carbocycles. The number of aromatic hydroxyl groups is 2. The molecule has 2 aromatic carbocycles. The van der Waals surface area contributed by atoms with Crippen molar-refractivity contribution in [2.75, 3.05) is 7.11 Å². The summed E-state index contributed by atoms with van der Waals surface area (Å²) < 4.78 is 10.0. The minimum absolute atomic E-state index is 0.00717. The van der Waals surface area contributed by atoms with Gasteiger partial charge in [0.1, 0.15) is 23.1 Å². The molecule has 0 saturated carbocycles. The zero-order valence-corrected chi connectivity index (χ0v) is 17.7. The second kappa shape index (κ2) is 9.84. The number of hydrogen-bond acceptors (Lipinski definition) is 7. The number of carbonyl (C=O) groups excluding carboxylic acids is 3. The lowest BCUT2D eigenvalue weighted by Crippen LogP contribution is -2.45. The van der Waals surface area contributed by atoms with E-state index >= 15 is 0 Å². The molecule has 4 N–H and O–H groups in total. The number of esters is 1. The van der Waals surface area contributed by atoms with Crippen molar-refractivity contribution in [1.82, 2.24) is 10.6 Å². The molecule has 0 fully saturated rings. The molecule has 9 heteroatoms. The lowest BCUT2D eigenvalue weighted by atomic mass is 10.0. The summed E-state index contributed by atoms with van der Waals surface area (Å²) in [4.78, 5) is 37.7. The van der Waals surface area contributed by atoms with Gasteiger partial charge in [0.25, 0.3) is 0 Å². The number of phenolic OH excluding ortho intramolecular Hbond substituents is 2. The van der Waals surface area contributed by atoms with E-state index in [2.05, 4.69) is 10.6 Å². The van der Waals surface area contributed by atoms with Crippen molar-refractivity contribution < 1.29 is 34.1 Å². The molecule has 9 nitrogen and oxygen atoms in total. The van der Waals surface area contributed by atoms with E-state index in [0.717, 1.165) is 0 Å². The number of benzene rings is 2. The predicted molar refractivity (Wildman–Crippen MR) is 111 cm³/mol. The van der Waals surface area contributed by atoms with Crippen molar-refractivity contribution >= 4 is 18.0 Å². The summed E-state index contributed by atoms with van der Waals surface area (Å²) in [6, 6.07) is 8.92. The fourth-order valence-electron chi connectivity index (χ4n) is 2.68. The summed E-state index contributed by atoms with van der Waals surface area (Å²) in [6.07, 6.45) is -0.833. The van der Waals surface area contributed by atoms with Crippen LogP contribution in [0, 0.1) is 0 Å². The number of ether oxygens (including phenoxy) is 2. The summed E-state index contributed by atoms with van der Waals surface area (Å²) in [5.41, 5.74) is -0.0593. The highest BCUT2D eigenvalue weighted by Crippen LogP contribution is 2.22. The average Bonchev–Trinajstić information content (AvgIpc) is 2.70. The smallest absolute Gasteiger partial charge is 0.408 e. The molecule has 0 heterocycles. The maximum Gasteiger partial charge on any atom is 0.408 e. The van der Waals surface area contributed by atoms with Crippen LogP contribution in [0.15, 0.2) is 48.5 Å². The Morgan fingerprint density at radius 2 is 1.26 bits per heavy atom. The maximum atomic E-state index is 13.1. The largest absolute Gasteiger partial charge is 0.508 e. The normalized spacial score (nSPS) is 12.9. The van der Waals surface area contributed by atoms with Crippen molar-refractivity contribution in [2.24, 2.45) is 0 Å². The van der Waals surface area contributed by atoms with Crippen LogP contribution >= 0.6 is 0 Å². The number of hydrogen-bond donors (Lipinski definition) is 4. The van der Waals surface area contributed by atoms with Crippen LogP contribution < -0.4 is 10.6 Å². The van der Waals surface area contributed by atoms with Crippen molar-refractivity contribution in [2.45, 2.75) is 38.5 Å². The number of methoxy groups -OCH3 is 1. The van der Waals surface area contributed by atoms with Crippen LogP contribution in [0.25, 0.3) is 0 Å². The van der Waals surface area contributed by atoms with Crippen molar-refractivity contribution in [1.29, 1.82) is 0 Å². The van der Waals surface area contributed by atoms with Gasteiger partial charge in [0.05, 0.1) is 7.11 Å². The Hall–Kier alpha value is -3.75. The third-order valence-corrected chi connectivity index (χ3v) is 4.10. The second-order valence-corrected chi connectivity index (χ2v) is 7.73. The molecule has 0 aliphatic heterocycles. The topological polar surface area (TPSA) is 134 Å². The fourth-order valence-corrected chi connectivity index (χ4v) is 2.68. The van der Waals surface area contributed by atoms with Gasteiger partial charge in [-0.3, -0.25) is 4.79 Å². The van der Waals surface area contributed by atoms with Crippen molar-refractivity contribution in [3.8, 4) is 11.5 Å². The van der Waals surface area contributed by atoms with Crippen LogP contribution in [0.2, 0.25) is 0 Å². The molecule has 0 bridgehead atoms. The van der Waals surface area contributed by atoms with Gasteiger partial charge in [0.15, 0.2) is 6.04 Å². The van der Waals surface area contributed by atoms with E-state index < -0.39 is 35.7 Å². The molecular formula is C22H26N2O7. The Bertz CT molecular complexity index is 918. The van der Waals surface area contributed by atoms with E-state index in [1.165, 1.54) is 55.6 Å². The van der Waals surface area contributed by atoms with Crippen LogP contribution in [0.1, 0.15) is 44.0 Å². The van der Waals surface area contributed by atoms with Crippen LogP contribution in [-0.2, 0) is 19.1 Å². The van der Waals surface area contributed by atoms with E-state index in [-0.39, 0.29) is 11.5 Å². The Balaban J connectivity index is 2.33. The van der Waals surface area contributed by atoms with E-state index in [9.17, 15) is 24.6 Å². The summed E-state index contributed by atoms with van der Waals surface area (Å²) in [5.74, 6) is -1.47. The molecule has 2 rings (SSSR count). The molecule has 2 aromatic rings. The van der Waals surface area contributed by atoms with Gasteiger partial charge in [-0.2, -0.15) is 0 Å². The fraction of sp³-hybridized carbons (Fsp3) is 0.318. The number of carbonyl (C=O) groups is 3. The van der Waals surface area contributed by atoms with Crippen LogP contribution in [0.4, 0.5) is 4.79 Å². The van der Waals surface area contributed by atoms with Gasteiger partial charge in [0, 0.05) is 0 Å². The van der Waals surface area contributed by atoms with Gasteiger partial charge in [-0.1, -0.05) is 24.3 Å². The van der Waals surface area contributed by atoms with E-state index in [1.807, 2.05) is 0 Å². The predicted octanol–water partition coefficient (Wildman–Crippen LogP) is 2.69. The monoisotopic (exact) mass is 430 g/mol. The molecule has 0 saturated heterocycles. The summed E-state index contributed by atoms with van der Waals surface area (Å²) in [6.45, 7) is 5.04. The van der Waals surface area contributed by atoms with Gasteiger partial charge in [-0.05, 0) is 56.2 Å². The third kappa shape index (κ3) is 6.91. The first-order chi connectivity index (χ1) is 14.5. The Labute approximate surface area is 180 Å². The average molecular weight is 430 g/mol. The Morgan fingerprint density at radius 1 is 0.806 bits per heavy atom. The number of nitrogens with one attached hydrogen (secondary N) is 2. The molecule has 166 valence electrons. The van der Waals surface area contributed by atoms with Crippen molar-refractivity contribution in [3.63, 3.8) is 0 Å². The summed E-state index contributed by atoms with van der Waals surface area (Å²) in [7, 11) is 1.18. The van der Waals surface area contributed by atoms with Gasteiger partial charge in [-0.15, -0.1) is 0 Å². The molecule has 0 spiro atoms. The minimum atomic E-state index is -1.22. The molecular weight excluding hydrogens is 404 g/mol. The standard InChI is InChI=1S/C22H26N2O7/c1-22(2,3)31-21(29)24-17(13-5-9-15(25)10-6-13)19(27)23-18(20(28)30-4)14-7-11-16(26)12-8-14/h5-12,17-18,25-26H,1-4H3,(H,23,27)(H,24,29). The number of alkyl carbamates (subject to hydrolysis) is 1. The highest BCUT2D eigenvalue weighted by molar-refractivity contribution is 5.91. The second-order valence-electron chi connectivity index (χ2n) is 7.73. The minimum Gasteiger partial charge on any atom is -0.508 e. The highest BCUT2D eigenvalue weighted by Gasteiger charge is 2.30. The Morgan fingerprint density at radius 3 is 1.68 bits per heavy atom. The zero-order chi connectivity index (χ0) is 23.2. The quantitative estimate of drug-likeness (QED) is 0.518. The molecule has 2 unspecified atom stereocenters. The molecule has 2 atom stereocenters. The molecule has 0 aromatic heterocycles. The number of phenols is 2. The van der Waals surface area contributed by atoms with Crippen LogP contribution in [0.5, 0.6) is 11.5 Å². The lowest BCUT2D eigenvalue weighted by molar-refractivity contribution is -0.145. The van der Waals surface area contributed by atoms with E-state index in [0.29, 0.717) is 11.1 Å².